The maximum atomic E-state index is 4.50. The summed E-state index contributed by atoms with van der Waals surface area (Å²) in [5, 5.41) is 3.59. The Balaban J connectivity index is 3.15. The van der Waals surface area contributed by atoms with Crippen molar-refractivity contribution in [2.75, 3.05) is 7.11 Å². The molecular formula is C11H19NO. The van der Waals surface area contributed by atoms with E-state index in [0.29, 0.717) is 6.42 Å². The molecule has 0 amide bonds. The molecule has 0 saturated carbocycles. The summed E-state index contributed by atoms with van der Waals surface area (Å²) in [6, 6.07) is 0. The molecule has 0 aromatic rings. The average molecular weight is 181 g/mol. The van der Waals surface area contributed by atoms with E-state index >= 15 is 0 Å². The molecule has 2 nitrogen and oxygen atoms in total. The number of hydrogen-bond acceptors (Lipinski definition) is 2. The average Bonchev–Trinajstić information content (AvgIpc) is 2.16. The molecule has 74 valence electrons. The van der Waals surface area contributed by atoms with Gasteiger partial charge in [0.2, 0.25) is 0 Å². The van der Waals surface area contributed by atoms with Gasteiger partial charge in [0.15, 0.2) is 0 Å². The van der Waals surface area contributed by atoms with Gasteiger partial charge >= 0.3 is 0 Å². The summed E-state index contributed by atoms with van der Waals surface area (Å²) in [6.07, 6.45) is 8.53. The topological polar surface area (TPSA) is 21.6 Å². The molecule has 0 heterocycles. The molecule has 0 fully saturated rings. The first-order valence-corrected chi connectivity index (χ1v) is 4.92. The fourth-order valence-electron chi connectivity index (χ4n) is 0.958. The van der Waals surface area contributed by atoms with Crippen molar-refractivity contribution < 1.29 is 4.84 Å². The van der Waals surface area contributed by atoms with Crippen LogP contribution in [0.15, 0.2) is 5.16 Å². The number of hydrogen-bond donors (Lipinski definition) is 0. The number of unbranched alkanes of at least 4 members (excludes halogenated alkanes) is 4. The van der Waals surface area contributed by atoms with Gasteiger partial charge in [-0.05, 0) is 6.42 Å². The van der Waals surface area contributed by atoms with Crippen LogP contribution in [0, 0.1) is 11.8 Å². The standard InChI is InChI=1S/C11H19NO/c1-3-4-5-6-7-8-9-10-11-12-13-2/h11H,3-7,10H2,1-2H3/b12-11-. The monoisotopic (exact) mass is 181 g/mol. The molecule has 0 radical (unpaired) electrons. The van der Waals surface area contributed by atoms with Crippen molar-refractivity contribution >= 4 is 6.21 Å². The van der Waals surface area contributed by atoms with Gasteiger partial charge in [-0.15, -0.1) is 5.92 Å². The highest BCUT2D eigenvalue weighted by atomic mass is 16.6. The second-order valence-electron chi connectivity index (χ2n) is 2.84. The Morgan fingerprint density at radius 2 is 2.08 bits per heavy atom. The van der Waals surface area contributed by atoms with Crippen LogP contribution in [0.3, 0.4) is 0 Å². The number of rotatable bonds is 6. The van der Waals surface area contributed by atoms with E-state index in [1.54, 1.807) is 6.21 Å². The number of oxime groups is 1. The predicted octanol–water partition coefficient (Wildman–Crippen LogP) is 2.98. The zero-order valence-electron chi connectivity index (χ0n) is 8.68. The summed E-state index contributed by atoms with van der Waals surface area (Å²) in [7, 11) is 1.54. The summed E-state index contributed by atoms with van der Waals surface area (Å²) < 4.78 is 0. The summed E-state index contributed by atoms with van der Waals surface area (Å²) in [6.45, 7) is 2.22. The molecule has 0 aliphatic carbocycles. The number of nitrogens with zero attached hydrogens (tertiary/aromatic N) is 1. The van der Waals surface area contributed by atoms with Crippen molar-refractivity contribution in [1.29, 1.82) is 0 Å². The summed E-state index contributed by atoms with van der Waals surface area (Å²) in [5.41, 5.74) is 0. The highest BCUT2D eigenvalue weighted by molar-refractivity contribution is 5.60. The first-order valence-electron chi connectivity index (χ1n) is 4.92. The van der Waals surface area contributed by atoms with Crippen molar-refractivity contribution in [3.8, 4) is 11.8 Å². The highest BCUT2D eigenvalue weighted by Gasteiger charge is 1.83. The van der Waals surface area contributed by atoms with Gasteiger partial charge in [0.25, 0.3) is 0 Å². The van der Waals surface area contributed by atoms with Gasteiger partial charge in [-0.25, -0.2) is 0 Å². The summed E-state index contributed by atoms with van der Waals surface area (Å²) in [4.78, 5) is 4.50. The van der Waals surface area contributed by atoms with Crippen molar-refractivity contribution in [3.05, 3.63) is 0 Å². The van der Waals surface area contributed by atoms with Crippen LogP contribution in [-0.4, -0.2) is 13.3 Å². The van der Waals surface area contributed by atoms with Crippen molar-refractivity contribution in [2.24, 2.45) is 5.16 Å². The van der Waals surface area contributed by atoms with E-state index < -0.39 is 0 Å². The lowest BCUT2D eigenvalue weighted by atomic mass is 10.1. The van der Waals surface area contributed by atoms with E-state index in [2.05, 4.69) is 28.8 Å². The Hall–Kier alpha value is -0.970. The molecule has 0 unspecified atom stereocenters. The van der Waals surface area contributed by atoms with Crippen LogP contribution in [0.1, 0.15) is 45.4 Å². The minimum absolute atomic E-state index is 0.696. The molecule has 0 aliphatic rings. The van der Waals surface area contributed by atoms with Gasteiger partial charge in [0, 0.05) is 12.8 Å². The zero-order chi connectivity index (χ0) is 9.78. The Kier molecular flexibility index (Phi) is 10.2. The fraction of sp³-hybridized carbons (Fsp3) is 0.727. The Bertz CT molecular complexity index is 176. The van der Waals surface area contributed by atoms with Crippen LogP contribution in [0.25, 0.3) is 0 Å². The Morgan fingerprint density at radius 3 is 2.77 bits per heavy atom. The second-order valence-corrected chi connectivity index (χ2v) is 2.84. The van der Waals surface area contributed by atoms with Gasteiger partial charge in [-0.3, -0.25) is 0 Å². The van der Waals surface area contributed by atoms with Crippen molar-refractivity contribution in [1.82, 2.24) is 0 Å². The van der Waals surface area contributed by atoms with Gasteiger partial charge < -0.3 is 4.84 Å². The molecule has 0 aromatic carbocycles. The van der Waals surface area contributed by atoms with Gasteiger partial charge in [-0.2, -0.15) is 0 Å². The Labute approximate surface area is 81.4 Å². The van der Waals surface area contributed by atoms with Gasteiger partial charge in [-0.1, -0.05) is 37.3 Å². The van der Waals surface area contributed by atoms with E-state index in [-0.39, 0.29) is 0 Å². The van der Waals surface area contributed by atoms with Crippen LogP contribution in [0.4, 0.5) is 0 Å². The van der Waals surface area contributed by atoms with E-state index in [1.165, 1.54) is 32.8 Å². The quantitative estimate of drug-likeness (QED) is 0.267. The van der Waals surface area contributed by atoms with Gasteiger partial charge in [0.1, 0.15) is 7.11 Å². The zero-order valence-corrected chi connectivity index (χ0v) is 8.68. The molecule has 0 spiro atoms. The molecule has 0 N–H and O–H groups in total. The van der Waals surface area contributed by atoms with E-state index in [9.17, 15) is 0 Å². The minimum Gasteiger partial charge on any atom is -0.399 e. The van der Waals surface area contributed by atoms with Crippen molar-refractivity contribution in [2.45, 2.75) is 45.4 Å². The normalized spacial score (nSPS) is 9.69. The molecule has 0 rings (SSSR count). The van der Waals surface area contributed by atoms with E-state index in [1.807, 2.05) is 0 Å². The predicted molar refractivity (Wildman–Crippen MR) is 56.7 cm³/mol. The largest absolute Gasteiger partial charge is 0.399 e. The molecule has 0 bridgehead atoms. The van der Waals surface area contributed by atoms with Crippen LogP contribution in [-0.2, 0) is 4.84 Å². The van der Waals surface area contributed by atoms with Gasteiger partial charge in [0.05, 0.1) is 6.21 Å². The third-order valence-electron chi connectivity index (χ3n) is 1.65. The van der Waals surface area contributed by atoms with Crippen LogP contribution >= 0.6 is 0 Å². The lowest BCUT2D eigenvalue weighted by Gasteiger charge is -1.91. The molecule has 2 heteroatoms. The summed E-state index contributed by atoms with van der Waals surface area (Å²) >= 11 is 0. The van der Waals surface area contributed by atoms with E-state index in [4.69, 9.17) is 0 Å². The van der Waals surface area contributed by atoms with Crippen LogP contribution in [0.2, 0.25) is 0 Å². The smallest absolute Gasteiger partial charge is 0.106 e. The maximum absolute atomic E-state index is 4.50. The lowest BCUT2D eigenvalue weighted by Crippen LogP contribution is -1.75. The first-order chi connectivity index (χ1) is 6.41. The molecule has 0 aromatic heterocycles. The molecular weight excluding hydrogens is 162 g/mol. The van der Waals surface area contributed by atoms with Crippen molar-refractivity contribution in [3.63, 3.8) is 0 Å². The molecule has 0 atom stereocenters. The summed E-state index contributed by atoms with van der Waals surface area (Å²) in [5.74, 6) is 6.12. The minimum atomic E-state index is 0.696. The second kappa shape index (κ2) is 11.0. The first kappa shape index (κ1) is 12.0. The third kappa shape index (κ3) is 11.0. The molecule has 0 aliphatic heterocycles. The van der Waals surface area contributed by atoms with E-state index in [0.717, 1.165) is 6.42 Å². The molecule has 13 heavy (non-hydrogen) atoms. The van der Waals surface area contributed by atoms with Crippen LogP contribution < -0.4 is 0 Å². The van der Waals surface area contributed by atoms with Crippen LogP contribution in [0.5, 0.6) is 0 Å². The third-order valence-corrected chi connectivity index (χ3v) is 1.65. The highest BCUT2D eigenvalue weighted by Crippen LogP contribution is 2.00. The molecule has 0 saturated heterocycles. The maximum Gasteiger partial charge on any atom is 0.106 e. The lowest BCUT2D eigenvalue weighted by molar-refractivity contribution is 0.215. The SMILES string of the molecule is CCCCCCC#CC/C=N\OC. The fourth-order valence-corrected chi connectivity index (χ4v) is 0.958. The Morgan fingerprint density at radius 1 is 1.23 bits per heavy atom.